The zero-order valence-electron chi connectivity index (χ0n) is 18.3. The number of nitrogens with zero attached hydrogens (tertiary/aromatic N) is 1. The van der Waals surface area contributed by atoms with Gasteiger partial charge < -0.3 is 5.32 Å². The molecule has 184 valence electrons. The van der Waals surface area contributed by atoms with Crippen molar-refractivity contribution in [2.24, 2.45) is 0 Å². The second-order valence-corrected chi connectivity index (χ2v) is 9.78. The van der Waals surface area contributed by atoms with Gasteiger partial charge in [0.15, 0.2) is 0 Å². The Labute approximate surface area is 224 Å². The van der Waals surface area contributed by atoms with Crippen LogP contribution in [0.3, 0.4) is 0 Å². The summed E-state index contributed by atoms with van der Waals surface area (Å²) < 4.78 is 41.8. The van der Waals surface area contributed by atoms with Crippen LogP contribution in [-0.2, 0) is 6.42 Å². The molecule has 3 aromatic rings. The molecule has 0 saturated heterocycles. The van der Waals surface area contributed by atoms with Crippen molar-refractivity contribution >= 4 is 62.7 Å². The van der Waals surface area contributed by atoms with Gasteiger partial charge in [-0.2, -0.15) is 13.2 Å². The van der Waals surface area contributed by atoms with Crippen molar-refractivity contribution in [3.05, 3.63) is 102 Å². The van der Waals surface area contributed by atoms with Gasteiger partial charge in [-0.1, -0.05) is 59.1 Å². The number of hydrogen-bond donors (Lipinski definition) is 1. The number of hydrogen-bond acceptors (Lipinski definition) is 2. The first-order chi connectivity index (χ1) is 16.5. The minimum Gasteiger partial charge on any atom is -0.352 e. The molecule has 1 unspecified atom stereocenters. The molecule has 10 heteroatoms. The fourth-order valence-electron chi connectivity index (χ4n) is 3.25. The smallest absolute Gasteiger partial charge is 0.352 e. The molecule has 2 aromatic carbocycles. The first-order valence-electron chi connectivity index (χ1n) is 10.3. The van der Waals surface area contributed by atoms with Crippen LogP contribution < -0.4 is 5.32 Å². The van der Waals surface area contributed by atoms with Gasteiger partial charge in [-0.15, -0.1) is 0 Å². The normalized spacial score (nSPS) is 12.7. The monoisotopic (exact) mass is 604 g/mol. The van der Waals surface area contributed by atoms with E-state index in [1.165, 1.54) is 18.2 Å². The molecule has 1 atom stereocenters. The van der Waals surface area contributed by atoms with Crippen molar-refractivity contribution in [1.82, 2.24) is 10.3 Å². The SMILES string of the molecule is Cc1c(Cl)cc(C(/C=C/c2ccc(C(=O)NCCc3ccc(Cl)nc3)c(Br)c2)C(F)(F)F)cc1Cl. The van der Waals surface area contributed by atoms with Crippen LogP contribution in [0.15, 0.2) is 59.2 Å². The van der Waals surface area contributed by atoms with E-state index in [4.69, 9.17) is 34.8 Å². The molecule has 1 heterocycles. The molecule has 0 bridgehead atoms. The zero-order valence-corrected chi connectivity index (χ0v) is 22.1. The Hall–Kier alpha value is -2.06. The first kappa shape index (κ1) is 27.5. The van der Waals surface area contributed by atoms with E-state index in [9.17, 15) is 18.0 Å². The molecule has 0 aliphatic carbocycles. The largest absolute Gasteiger partial charge is 0.399 e. The van der Waals surface area contributed by atoms with Crippen LogP contribution in [0.25, 0.3) is 6.08 Å². The van der Waals surface area contributed by atoms with E-state index >= 15 is 0 Å². The van der Waals surface area contributed by atoms with Crippen molar-refractivity contribution in [3.8, 4) is 0 Å². The number of rotatable bonds is 7. The van der Waals surface area contributed by atoms with Crippen LogP contribution >= 0.6 is 50.7 Å². The van der Waals surface area contributed by atoms with Gasteiger partial charge in [0.1, 0.15) is 5.15 Å². The molecule has 0 aliphatic rings. The zero-order chi connectivity index (χ0) is 25.8. The summed E-state index contributed by atoms with van der Waals surface area (Å²) in [6, 6.07) is 10.7. The maximum atomic E-state index is 13.8. The van der Waals surface area contributed by atoms with Gasteiger partial charge in [-0.05, 0) is 81.9 Å². The fourth-order valence-corrected chi connectivity index (χ4v) is 4.44. The summed E-state index contributed by atoms with van der Waals surface area (Å²) in [4.78, 5) is 16.5. The molecule has 3 nitrogen and oxygen atoms in total. The van der Waals surface area contributed by atoms with Gasteiger partial charge in [-0.3, -0.25) is 4.79 Å². The summed E-state index contributed by atoms with van der Waals surface area (Å²) in [6.45, 7) is 2.02. The Morgan fingerprint density at radius 3 is 2.37 bits per heavy atom. The maximum absolute atomic E-state index is 13.8. The highest BCUT2D eigenvalue weighted by molar-refractivity contribution is 9.10. The third kappa shape index (κ3) is 7.46. The molecule has 1 aromatic heterocycles. The van der Waals surface area contributed by atoms with Crippen LogP contribution in [-0.4, -0.2) is 23.6 Å². The number of allylic oxidation sites excluding steroid dienone is 1. The van der Waals surface area contributed by atoms with Crippen LogP contribution in [0, 0.1) is 6.92 Å². The van der Waals surface area contributed by atoms with E-state index in [0.717, 1.165) is 11.6 Å². The number of halogens is 7. The lowest BCUT2D eigenvalue weighted by Gasteiger charge is -2.19. The summed E-state index contributed by atoms with van der Waals surface area (Å²) >= 11 is 21.2. The van der Waals surface area contributed by atoms with E-state index in [1.54, 1.807) is 37.4 Å². The Kier molecular flexibility index (Phi) is 9.27. The van der Waals surface area contributed by atoms with E-state index < -0.39 is 12.1 Å². The molecular formula is C25H19BrCl3F3N2O. The minimum absolute atomic E-state index is 0.0553. The highest BCUT2D eigenvalue weighted by Crippen LogP contribution is 2.39. The average molecular weight is 607 g/mol. The van der Waals surface area contributed by atoms with Crippen molar-refractivity contribution in [2.45, 2.75) is 25.4 Å². The quantitative estimate of drug-likeness (QED) is 0.274. The highest BCUT2D eigenvalue weighted by Gasteiger charge is 2.39. The van der Waals surface area contributed by atoms with Crippen LogP contribution in [0.2, 0.25) is 15.2 Å². The average Bonchev–Trinajstić information content (AvgIpc) is 2.78. The lowest BCUT2D eigenvalue weighted by molar-refractivity contribution is -0.139. The number of aromatic nitrogens is 1. The Balaban J connectivity index is 1.72. The number of carbonyl (C=O) groups excluding carboxylic acids is 1. The Bertz CT molecular complexity index is 1220. The molecule has 0 aliphatic heterocycles. The molecule has 0 spiro atoms. The summed E-state index contributed by atoms with van der Waals surface area (Å²) in [5, 5.41) is 3.53. The second-order valence-electron chi connectivity index (χ2n) is 7.72. The summed E-state index contributed by atoms with van der Waals surface area (Å²) in [5.74, 6) is -2.21. The van der Waals surface area contributed by atoms with E-state index in [1.807, 2.05) is 6.07 Å². The number of pyridine rings is 1. The maximum Gasteiger partial charge on any atom is 0.399 e. The van der Waals surface area contributed by atoms with Crippen molar-refractivity contribution in [2.75, 3.05) is 6.54 Å². The topological polar surface area (TPSA) is 42.0 Å². The van der Waals surface area contributed by atoms with Crippen molar-refractivity contribution < 1.29 is 18.0 Å². The third-order valence-corrected chi connectivity index (χ3v) is 6.89. The Morgan fingerprint density at radius 2 is 1.80 bits per heavy atom. The van der Waals surface area contributed by atoms with Gasteiger partial charge >= 0.3 is 6.18 Å². The molecule has 1 N–H and O–H groups in total. The lowest BCUT2D eigenvalue weighted by Crippen LogP contribution is -2.26. The number of alkyl halides is 3. The minimum atomic E-state index is -4.55. The van der Waals surface area contributed by atoms with Gasteiger partial charge in [0.2, 0.25) is 0 Å². The number of carbonyl (C=O) groups is 1. The van der Waals surface area contributed by atoms with E-state index in [0.29, 0.717) is 39.3 Å². The molecule has 3 rings (SSSR count). The molecule has 35 heavy (non-hydrogen) atoms. The van der Waals surface area contributed by atoms with Gasteiger partial charge in [0.25, 0.3) is 5.91 Å². The van der Waals surface area contributed by atoms with Crippen LogP contribution in [0.4, 0.5) is 13.2 Å². The highest BCUT2D eigenvalue weighted by atomic mass is 79.9. The third-order valence-electron chi connectivity index (χ3n) is 5.22. The lowest BCUT2D eigenvalue weighted by atomic mass is 9.96. The summed E-state index contributed by atoms with van der Waals surface area (Å²) in [7, 11) is 0. The van der Waals surface area contributed by atoms with Crippen molar-refractivity contribution in [3.63, 3.8) is 0 Å². The van der Waals surface area contributed by atoms with E-state index in [2.05, 4.69) is 26.2 Å². The fraction of sp³-hybridized carbons (Fsp3) is 0.200. The molecule has 0 saturated carbocycles. The molecule has 0 radical (unpaired) electrons. The van der Waals surface area contributed by atoms with Crippen LogP contribution in [0.5, 0.6) is 0 Å². The van der Waals surface area contributed by atoms with Crippen molar-refractivity contribution in [1.29, 1.82) is 0 Å². The standard InChI is InChI=1S/C25H19BrCl3F3N2O/c1-14-21(27)11-17(12-22(14)28)19(25(30,31)32)6-3-15-2-5-18(20(26)10-15)24(35)33-9-8-16-4-7-23(29)34-13-16/h2-7,10-13,19H,8-9H2,1H3,(H,33,35)/b6-3+. The predicted molar refractivity (Wildman–Crippen MR) is 138 cm³/mol. The van der Waals surface area contributed by atoms with Crippen LogP contribution in [0.1, 0.15) is 38.5 Å². The second kappa shape index (κ2) is 11.8. The van der Waals surface area contributed by atoms with E-state index in [-0.39, 0.29) is 21.5 Å². The van der Waals surface area contributed by atoms with Gasteiger partial charge in [0.05, 0.1) is 11.5 Å². The molecule has 0 fully saturated rings. The van der Waals surface area contributed by atoms with Gasteiger partial charge in [0, 0.05) is 27.3 Å². The summed E-state index contributed by atoms with van der Waals surface area (Å²) in [5.41, 5.74) is 2.23. The number of amides is 1. The molecular weight excluding hydrogens is 588 g/mol. The van der Waals surface area contributed by atoms with Gasteiger partial charge in [-0.25, -0.2) is 4.98 Å². The Morgan fingerprint density at radius 1 is 1.11 bits per heavy atom. The predicted octanol–water partition coefficient (Wildman–Crippen LogP) is 8.44. The number of nitrogens with one attached hydrogen (secondary N) is 1. The first-order valence-corrected chi connectivity index (χ1v) is 12.3. The summed E-state index contributed by atoms with van der Waals surface area (Å²) in [6.07, 6.45) is 0.0480. The molecule has 1 amide bonds. The number of benzene rings is 2.